The largest absolute Gasteiger partial charge is 0.476 e. The van der Waals surface area contributed by atoms with Gasteiger partial charge in [-0.3, -0.25) is 0 Å². The third kappa shape index (κ3) is 1.90. The van der Waals surface area contributed by atoms with Crippen LogP contribution >= 0.6 is 0 Å². The molecule has 70 valence electrons. The number of nitrogen functional groups attached to an aromatic ring is 1. The van der Waals surface area contributed by atoms with E-state index in [0.29, 0.717) is 0 Å². The van der Waals surface area contributed by atoms with Crippen LogP contribution in [0.3, 0.4) is 0 Å². The van der Waals surface area contributed by atoms with Crippen molar-refractivity contribution in [1.82, 2.24) is 4.98 Å². The molecule has 1 heterocycles. The molecule has 0 spiro atoms. The lowest BCUT2D eigenvalue weighted by atomic mass is 10.2. The van der Waals surface area contributed by atoms with Crippen LogP contribution in [0.4, 0.5) is 14.5 Å². The zero-order valence-corrected chi connectivity index (χ0v) is 6.37. The number of aromatic nitrogens is 1. The molecule has 1 aromatic rings. The van der Waals surface area contributed by atoms with Gasteiger partial charge in [0.15, 0.2) is 5.69 Å². The summed E-state index contributed by atoms with van der Waals surface area (Å²) in [7, 11) is 0. The van der Waals surface area contributed by atoms with E-state index in [2.05, 4.69) is 4.98 Å². The fourth-order valence-electron chi connectivity index (χ4n) is 0.797. The van der Waals surface area contributed by atoms with Crippen molar-refractivity contribution in [3.05, 3.63) is 23.5 Å². The predicted octanol–water partition coefficient (Wildman–Crippen LogP) is 1.30. The van der Waals surface area contributed by atoms with E-state index in [1.54, 1.807) is 0 Å². The second kappa shape index (κ2) is 3.34. The molecule has 13 heavy (non-hydrogen) atoms. The van der Waals surface area contributed by atoms with E-state index in [1.165, 1.54) is 0 Å². The molecular formula is C7H6F2N2O2. The van der Waals surface area contributed by atoms with Crippen molar-refractivity contribution in [1.29, 1.82) is 0 Å². The Kier molecular flexibility index (Phi) is 2.41. The maximum Gasteiger partial charge on any atom is 0.356 e. The smallest absolute Gasteiger partial charge is 0.356 e. The van der Waals surface area contributed by atoms with Gasteiger partial charge in [-0.25, -0.2) is 18.6 Å². The molecule has 3 N–H and O–H groups in total. The molecule has 0 aromatic carbocycles. The topological polar surface area (TPSA) is 76.2 Å². The van der Waals surface area contributed by atoms with E-state index in [1.807, 2.05) is 0 Å². The van der Waals surface area contributed by atoms with Crippen LogP contribution in [0.2, 0.25) is 0 Å². The number of carboxylic acid groups (broad SMARTS) is 1. The summed E-state index contributed by atoms with van der Waals surface area (Å²) >= 11 is 0. The van der Waals surface area contributed by atoms with Gasteiger partial charge in [0.2, 0.25) is 0 Å². The quantitative estimate of drug-likeness (QED) is 0.733. The number of halogens is 2. The molecule has 0 atom stereocenters. The van der Waals surface area contributed by atoms with E-state index < -0.39 is 18.1 Å². The second-order valence-electron chi connectivity index (χ2n) is 2.31. The van der Waals surface area contributed by atoms with Gasteiger partial charge in [0.05, 0.1) is 5.69 Å². The van der Waals surface area contributed by atoms with Gasteiger partial charge in [0.1, 0.15) is 0 Å². The maximum atomic E-state index is 12.0. The van der Waals surface area contributed by atoms with E-state index in [-0.39, 0.29) is 11.3 Å². The first-order valence-electron chi connectivity index (χ1n) is 3.29. The van der Waals surface area contributed by atoms with Crippen molar-refractivity contribution in [3.8, 4) is 0 Å². The molecule has 0 bridgehead atoms. The molecular weight excluding hydrogens is 182 g/mol. The molecule has 0 aliphatic rings. The minimum Gasteiger partial charge on any atom is -0.476 e. The highest BCUT2D eigenvalue weighted by atomic mass is 19.3. The van der Waals surface area contributed by atoms with Gasteiger partial charge in [0.25, 0.3) is 6.43 Å². The third-order valence-electron chi connectivity index (χ3n) is 1.39. The third-order valence-corrected chi connectivity index (χ3v) is 1.39. The van der Waals surface area contributed by atoms with Gasteiger partial charge in [-0.05, 0) is 6.07 Å². The van der Waals surface area contributed by atoms with Gasteiger partial charge in [-0.15, -0.1) is 0 Å². The number of alkyl halides is 2. The minimum atomic E-state index is -2.70. The van der Waals surface area contributed by atoms with E-state index >= 15 is 0 Å². The minimum absolute atomic E-state index is 0.259. The Morgan fingerprint density at radius 2 is 2.23 bits per heavy atom. The van der Waals surface area contributed by atoms with Gasteiger partial charge in [0, 0.05) is 11.8 Å². The van der Waals surface area contributed by atoms with E-state index in [9.17, 15) is 13.6 Å². The zero-order chi connectivity index (χ0) is 10.0. The molecule has 0 aliphatic carbocycles. The lowest BCUT2D eigenvalue weighted by molar-refractivity contribution is 0.0691. The number of nitrogens with two attached hydrogens (primary N) is 1. The Hall–Kier alpha value is -1.72. The van der Waals surface area contributed by atoms with Gasteiger partial charge in [-0.2, -0.15) is 0 Å². The predicted molar refractivity (Wildman–Crippen MR) is 40.6 cm³/mol. The highest BCUT2D eigenvalue weighted by molar-refractivity contribution is 5.91. The fourth-order valence-corrected chi connectivity index (χ4v) is 0.797. The van der Waals surface area contributed by atoms with Crippen LogP contribution in [0, 0.1) is 0 Å². The number of hydrogen-bond donors (Lipinski definition) is 2. The van der Waals surface area contributed by atoms with Crippen LogP contribution < -0.4 is 5.73 Å². The normalized spacial score (nSPS) is 10.4. The summed E-state index contributed by atoms with van der Waals surface area (Å²) in [5.74, 6) is -1.33. The Bertz CT molecular complexity index is 341. The molecule has 0 saturated carbocycles. The number of rotatable bonds is 2. The summed E-state index contributed by atoms with van der Waals surface area (Å²) in [6.45, 7) is 0. The molecule has 0 unspecified atom stereocenters. The van der Waals surface area contributed by atoms with Crippen molar-refractivity contribution in [2.75, 3.05) is 5.73 Å². The summed E-state index contributed by atoms with van der Waals surface area (Å²) in [4.78, 5) is 13.7. The molecule has 0 fully saturated rings. The zero-order valence-electron chi connectivity index (χ0n) is 6.37. The van der Waals surface area contributed by atoms with Crippen molar-refractivity contribution in [2.24, 2.45) is 0 Å². The number of pyridine rings is 1. The Morgan fingerprint density at radius 1 is 1.62 bits per heavy atom. The van der Waals surface area contributed by atoms with Gasteiger partial charge < -0.3 is 10.8 Å². The van der Waals surface area contributed by atoms with Crippen LogP contribution in [-0.4, -0.2) is 16.1 Å². The van der Waals surface area contributed by atoms with Gasteiger partial charge >= 0.3 is 5.97 Å². The Labute approximate surface area is 72.0 Å². The van der Waals surface area contributed by atoms with Crippen LogP contribution in [0.1, 0.15) is 22.5 Å². The summed E-state index contributed by atoms with van der Waals surface area (Å²) in [6, 6.07) is 0.904. The van der Waals surface area contributed by atoms with Crippen LogP contribution in [0.25, 0.3) is 0 Å². The first-order valence-corrected chi connectivity index (χ1v) is 3.29. The summed E-state index contributed by atoms with van der Waals surface area (Å²) in [5.41, 5.74) is 4.13. The average molecular weight is 188 g/mol. The molecule has 0 saturated heterocycles. The summed E-state index contributed by atoms with van der Waals surface area (Å²) < 4.78 is 24.1. The molecule has 1 rings (SSSR count). The fraction of sp³-hybridized carbons (Fsp3) is 0.143. The standard InChI is InChI=1S/C7H6F2N2O2/c8-6(9)3-1-4(10)5(7(12)13)11-2-3/h1-2,6H,10H2,(H,12,13). The molecule has 0 amide bonds. The van der Waals surface area contributed by atoms with Crippen LogP contribution in [0.5, 0.6) is 0 Å². The lowest BCUT2D eigenvalue weighted by Crippen LogP contribution is -2.06. The lowest BCUT2D eigenvalue weighted by Gasteiger charge is -2.02. The molecule has 0 radical (unpaired) electrons. The highest BCUT2D eigenvalue weighted by Gasteiger charge is 2.13. The summed E-state index contributed by atoms with van der Waals surface area (Å²) in [5, 5.41) is 8.47. The molecule has 1 aromatic heterocycles. The monoisotopic (exact) mass is 188 g/mol. The number of nitrogens with zero attached hydrogens (tertiary/aromatic N) is 1. The molecule has 0 aliphatic heterocycles. The van der Waals surface area contributed by atoms with Crippen LogP contribution in [0.15, 0.2) is 12.3 Å². The number of anilines is 1. The van der Waals surface area contributed by atoms with Crippen LogP contribution in [-0.2, 0) is 0 Å². The summed E-state index contributed by atoms with van der Waals surface area (Å²) in [6.07, 6.45) is -1.90. The number of hydrogen-bond acceptors (Lipinski definition) is 3. The number of carboxylic acids is 1. The number of aromatic carboxylic acids is 1. The van der Waals surface area contributed by atoms with Crippen molar-refractivity contribution < 1.29 is 18.7 Å². The SMILES string of the molecule is Nc1cc(C(F)F)cnc1C(=O)O. The van der Waals surface area contributed by atoms with Crippen molar-refractivity contribution in [2.45, 2.75) is 6.43 Å². The Balaban J connectivity index is 3.13. The first-order chi connectivity index (χ1) is 6.02. The second-order valence-corrected chi connectivity index (χ2v) is 2.31. The highest BCUT2D eigenvalue weighted by Crippen LogP contribution is 2.21. The molecule has 4 nitrogen and oxygen atoms in total. The van der Waals surface area contributed by atoms with Gasteiger partial charge in [-0.1, -0.05) is 0 Å². The first kappa shape index (κ1) is 9.37. The number of carbonyl (C=O) groups is 1. The van der Waals surface area contributed by atoms with E-state index in [0.717, 1.165) is 12.3 Å². The molecule has 6 heteroatoms. The van der Waals surface area contributed by atoms with Crippen molar-refractivity contribution in [3.63, 3.8) is 0 Å². The maximum absolute atomic E-state index is 12.0. The average Bonchev–Trinajstić information content (AvgIpc) is 2.03. The van der Waals surface area contributed by atoms with Crippen molar-refractivity contribution >= 4 is 11.7 Å². The van der Waals surface area contributed by atoms with E-state index in [4.69, 9.17) is 10.8 Å². The Morgan fingerprint density at radius 3 is 2.62 bits per heavy atom.